The van der Waals surface area contributed by atoms with Crippen molar-refractivity contribution in [2.75, 3.05) is 13.2 Å². The Bertz CT molecular complexity index is 408. The van der Waals surface area contributed by atoms with Gasteiger partial charge in [-0.25, -0.2) is 4.98 Å². The summed E-state index contributed by atoms with van der Waals surface area (Å²) in [7, 11) is 0. The van der Waals surface area contributed by atoms with Crippen molar-refractivity contribution in [3.63, 3.8) is 0 Å². The van der Waals surface area contributed by atoms with E-state index in [1.165, 1.54) is 0 Å². The highest BCUT2D eigenvalue weighted by Crippen LogP contribution is 2.21. The van der Waals surface area contributed by atoms with Crippen LogP contribution < -0.4 is 10.1 Å². The number of nitrogens with zero attached hydrogens (tertiary/aromatic N) is 1. The number of aryl methyl sites for hydroxylation is 1. The van der Waals surface area contributed by atoms with Gasteiger partial charge in [-0.05, 0) is 31.9 Å². The molecule has 3 nitrogen and oxygen atoms in total. The van der Waals surface area contributed by atoms with Crippen molar-refractivity contribution >= 4 is 0 Å². The molecule has 0 aromatic carbocycles. The fourth-order valence-corrected chi connectivity index (χ4v) is 1.68. The van der Waals surface area contributed by atoms with E-state index in [0.29, 0.717) is 5.88 Å². The second-order valence-electron chi connectivity index (χ2n) is 4.64. The zero-order chi connectivity index (χ0) is 15.0. The van der Waals surface area contributed by atoms with Crippen LogP contribution in [-0.4, -0.2) is 24.3 Å². The van der Waals surface area contributed by atoms with Crippen LogP contribution in [0.15, 0.2) is 12.1 Å². The van der Waals surface area contributed by atoms with Crippen LogP contribution in [0.4, 0.5) is 13.2 Å². The summed E-state index contributed by atoms with van der Waals surface area (Å²) in [5, 5.41) is 3.27. The first-order valence-corrected chi connectivity index (χ1v) is 6.79. The first-order valence-electron chi connectivity index (χ1n) is 6.79. The van der Waals surface area contributed by atoms with E-state index in [-0.39, 0.29) is 13.0 Å². The van der Waals surface area contributed by atoms with E-state index in [9.17, 15) is 13.2 Å². The molecule has 0 bridgehead atoms. The average molecular weight is 290 g/mol. The third-order valence-corrected chi connectivity index (χ3v) is 2.77. The molecule has 6 heteroatoms. The number of ether oxygens (including phenoxy) is 1. The highest BCUT2D eigenvalue weighted by atomic mass is 19.4. The number of rotatable bonds is 8. The monoisotopic (exact) mass is 290 g/mol. The van der Waals surface area contributed by atoms with E-state index < -0.39 is 12.6 Å². The molecule has 1 aromatic heterocycles. The molecule has 0 amide bonds. The molecule has 0 saturated heterocycles. The lowest BCUT2D eigenvalue weighted by molar-refractivity contribution is -0.136. The summed E-state index contributed by atoms with van der Waals surface area (Å²) in [6.07, 6.45) is -3.94. The molecule has 0 atom stereocenters. The Morgan fingerprint density at radius 2 is 2.05 bits per heavy atom. The van der Waals surface area contributed by atoms with Crippen LogP contribution in [0.3, 0.4) is 0 Å². The Labute approximate surface area is 117 Å². The number of halogens is 3. The third kappa shape index (κ3) is 6.75. The van der Waals surface area contributed by atoms with Crippen LogP contribution >= 0.6 is 0 Å². The molecule has 1 heterocycles. The van der Waals surface area contributed by atoms with E-state index >= 15 is 0 Å². The number of nitrogens with one attached hydrogen (secondary N) is 1. The van der Waals surface area contributed by atoms with Gasteiger partial charge in [-0.2, -0.15) is 13.2 Å². The Kier molecular flexibility index (Phi) is 6.78. The fraction of sp³-hybridized carbons (Fsp3) is 0.643. The standard InChI is InChI=1S/C14H21F3N2O/c1-3-8-18-10-12-5-6-13(19-11(12)2)20-9-4-7-14(15,16)17/h5-6,18H,3-4,7-10H2,1-2H3. The lowest BCUT2D eigenvalue weighted by atomic mass is 10.2. The summed E-state index contributed by atoms with van der Waals surface area (Å²) >= 11 is 0. The van der Waals surface area contributed by atoms with E-state index in [0.717, 1.165) is 30.8 Å². The van der Waals surface area contributed by atoms with Crippen LogP contribution in [0, 0.1) is 6.92 Å². The van der Waals surface area contributed by atoms with E-state index in [1.807, 2.05) is 13.0 Å². The zero-order valence-corrected chi connectivity index (χ0v) is 11.9. The van der Waals surface area contributed by atoms with E-state index in [4.69, 9.17) is 4.74 Å². The van der Waals surface area contributed by atoms with Gasteiger partial charge in [-0.1, -0.05) is 13.0 Å². The molecule has 0 saturated carbocycles. The van der Waals surface area contributed by atoms with Gasteiger partial charge in [0.2, 0.25) is 5.88 Å². The molecule has 1 N–H and O–H groups in total. The Morgan fingerprint density at radius 1 is 1.30 bits per heavy atom. The van der Waals surface area contributed by atoms with Crippen molar-refractivity contribution in [3.05, 3.63) is 23.4 Å². The molecule has 1 rings (SSSR count). The second kappa shape index (κ2) is 8.09. The van der Waals surface area contributed by atoms with Gasteiger partial charge in [-0.3, -0.25) is 0 Å². The lowest BCUT2D eigenvalue weighted by Gasteiger charge is -2.10. The largest absolute Gasteiger partial charge is 0.478 e. The molecular formula is C14H21F3N2O. The van der Waals surface area contributed by atoms with Gasteiger partial charge in [0.05, 0.1) is 6.61 Å². The summed E-state index contributed by atoms with van der Waals surface area (Å²) in [6.45, 7) is 5.66. The van der Waals surface area contributed by atoms with E-state index in [2.05, 4.69) is 17.2 Å². The first-order chi connectivity index (χ1) is 9.42. The summed E-state index contributed by atoms with van der Waals surface area (Å²) in [5.41, 5.74) is 1.91. The van der Waals surface area contributed by atoms with Crippen LogP contribution in [0.25, 0.3) is 0 Å². The molecule has 20 heavy (non-hydrogen) atoms. The minimum atomic E-state index is -4.12. The van der Waals surface area contributed by atoms with Crippen molar-refractivity contribution in [1.82, 2.24) is 10.3 Å². The summed E-state index contributed by atoms with van der Waals surface area (Å²) in [4.78, 5) is 4.24. The number of hydrogen-bond acceptors (Lipinski definition) is 3. The molecule has 0 radical (unpaired) electrons. The summed E-state index contributed by atoms with van der Waals surface area (Å²) in [6, 6.07) is 3.59. The van der Waals surface area contributed by atoms with Gasteiger partial charge in [0.1, 0.15) is 0 Å². The van der Waals surface area contributed by atoms with Crippen molar-refractivity contribution in [3.8, 4) is 5.88 Å². The molecule has 0 fully saturated rings. The van der Waals surface area contributed by atoms with Crippen LogP contribution in [0.2, 0.25) is 0 Å². The Balaban J connectivity index is 2.39. The van der Waals surface area contributed by atoms with Crippen molar-refractivity contribution in [1.29, 1.82) is 0 Å². The second-order valence-corrected chi connectivity index (χ2v) is 4.64. The maximum atomic E-state index is 12.0. The number of aromatic nitrogens is 1. The van der Waals surface area contributed by atoms with Gasteiger partial charge >= 0.3 is 6.18 Å². The molecule has 0 spiro atoms. The van der Waals surface area contributed by atoms with Crippen molar-refractivity contribution < 1.29 is 17.9 Å². The highest BCUT2D eigenvalue weighted by molar-refractivity contribution is 5.24. The van der Waals surface area contributed by atoms with Gasteiger partial charge in [0.25, 0.3) is 0 Å². The molecule has 0 unspecified atom stereocenters. The van der Waals surface area contributed by atoms with Gasteiger partial charge in [-0.15, -0.1) is 0 Å². The molecular weight excluding hydrogens is 269 g/mol. The van der Waals surface area contributed by atoms with Gasteiger partial charge < -0.3 is 10.1 Å². The molecule has 0 aliphatic rings. The predicted molar refractivity (Wildman–Crippen MR) is 71.8 cm³/mol. The highest BCUT2D eigenvalue weighted by Gasteiger charge is 2.26. The van der Waals surface area contributed by atoms with Crippen LogP contribution in [0.5, 0.6) is 5.88 Å². The minimum absolute atomic E-state index is 0.0272. The predicted octanol–water partition coefficient (Wildman–Crippen LogP) is 3.61. The Hall–Kier alpha value is -1.30. The molecule has 1 aromatic rings. The smallest absolute Gasteiger partial charge is 0.389 e. The van der Waals surface area contributed by atoms with Gasteiger partial charge in [0.15, 0.2) is 0 Å². The fourth-order valence-electron chi connectivity index (χ4n) is 1.68. The topological polar surface area (TPSA) is 34.1 Å². The number of hydrogen-bond donors (Lipinski definition) is 1. The zero-order valence-electron chi connectivity index (χ0n) is 11.9. The van der Waals surface area contributed by atoms with E-state index in [1.54, 1.807) is 6.07 Å². The quantitative estimate of drug-likeness (QED) is 0.743. The number of alkyl halides is 3. The van der Waals surface area contributed by atoms with Gasteiger partial charge in [0, 0.05) is 24.7 Å². The maximum absolute atomic E-state index is 12.0. The lowest BCUT2D eigenvalue weighted by Crippen LogP contribution is -2.15. The summed E-state index contributed by atoms with van der Waals surface area (Å²) in [5.74, 6) is 0.379. The molecule has 114 valence electrons. The molecule has 0 aliphatic heterocycles. The van der Waals surface area contributed by atoms with Crippen LogP contribution in [0.1, 0.15) is 37.4 Å². The normalized spacial score (nSPS) is 11.7. The van der Waals surface area contributed by atoms with Crippen LogP contribution in [-0.2, 0) is 6.54 Å². The minimum Gasteiger partial charge on any atom is -0.478 e. The summed E-state index contributed by atoms with van der Waals surface area (Å²) < 4.78 is 41.1. The maximum Gasteiger partial charge on any atom is 0.389 e. The van der Waals surface area contributed by atoms with Crippen molar-refractivity contribution in [2.45, 2.75) is 45.8 Å². The SMILES string of the molecule is CCCNCc1ccc(OCCCC(F)(F)F)nc1C. The van der Waals surface area contributed by atoms with Crippen molar-refractivity contribution in [2.24, 2.45) is 0 Å². The Morgan fingerprint density at radius 3 is 2.65 bits per heavy atom. The third-order valence-electron chi connectivity index (χ3n) is 2.77. The first kappa shape index (κ1) is 16.8. The average Bonchev–Trinajstić information content (AvgIpc) is 2.36. The number of pyridine rings is 1. The molecule has 0 aliphatic carbocycles.